The minimum Gasteiger partial charge on any atom is -0.457 e. The van der Waals surface area contributed by atoms with E-state index in [0.29, 0.717) is 24.4 Å². The first kappa shape index (κ1) is 19.4. The predicted octanol–water partition coefficient (Wildman–Crippen LogP) is 2.69. The summed E-state index contributed by atoms with van der Waals surface area (Å²) in [6, 6.07) is 16.6. The van der Waals surface area contributed by atoms with Crippen LogP contribution in [0.15, 0.2) is 48.5 Å². The lowest BCUT2D eigenvalue weighted by atomic mass is 10.2. The summed E-state index contributed by atoms with van der Waals surface area (Å²) in [5.41, 5.74) is 2.35. The molecule has 0 aromatic heterocycles. The van der Waals surface area contributed by atoms with Gasteiger partial charge in [-0.1, -0.05) is 0 Å². The Bertz CT molecular complexity index is 772. The summed E-state index contributed by atoms with van der Waals surface area (Å²) >= 11 is 0. The van der Waals surface area contributed by atoms with E-state index in [1.165, 1.54) is 11.4 Å². The molecule has 0 saturated carbocycles. The number of nitrogens with zero attached hydrogens (tertiary/aromatic N) is 2. The van der Waals surface area contributed by atoms with Gasteiger partial charge in [0.1, 0.15) is 11.5 Å². The number of anilines is 2. The van der Waals surface area contributed by atoms with Gasteiger partial charge in [0.2, 0.25) is 0 Å². The molecule has 2 aromatic carbocycles. The fourth-order valence-corrected chi connectivity index (χ4v) is 3.83. The Labute approximate surface area is 182 Å². The minimum atomic E-state index is 0.353. The molecule has 2 aromatic rings. The van der Waals surface area contributed by atoms with Gasteiger partial charge in [0.25, 0.3) is 0 Å². The number of hydrogen-bond donors (Lipinski definition) is 0. The largest absolute Gasteiger partial charge is 0.457 e. The summed E-state index contributed by atoms with van der Waals surface area (Å²) < 4.78 is 27.8. The summed E-state index contributed by atoms with van der Waals surface area (Å²) in [4.78, 5) is 4.69. The van der Waals surface area contributed by atoms with Crippen molar-refractivity contribution in [3.8, 4) is 11.5 Å². The average molecular weight is 424 g/mol. The Kier molecular flexibility index (Phi) is 5.20. The molecule has 4 unspecified atom stereocenters. The van der Waals surface area contributed by atoms with Crippen LogP contribution in [0.5, 0.6) is 11.5 Å². The highest BCUT2D eigenvalue weighted by Gasteiger charge is 2.32. The third-order valence-corrected chi connectivity index (χ3v) is 5.95. The SMILES string of the molecule is c1cc(N(CC2CO2)CC2CO2)ccc1Oc1ccc(N(CC2CO2)CC2CO2)cc1. The average Bonchev–Trinajstić information content (AvgIpc) is 3.63. The van der Waals surface area contributed by atoms with E-state index >= 15 is 0 Å². The first-order valence-corrected chi connectivity index (χ1v) is 11.1. The Balaban J connectivity index is 1.08. The van der Waals surface area contributed by atoms with Gasteiger partial charge in [-0.15, -0.1) is 0 Å². The monoisotopic (exact) mass is 424 g/mol. The van der Waals surface area contributed by atoms with Crippen LogP contribution >= 0.6 is 0 Å². The van der Waals surface area contributed by atoms with Gasteiger partial charge in [0.05, 0.1) is 50.8 Å². The van der Waals surface area contributed by atoms with Gasteiger partial charge in [0.15, 0.2) is 0 Å². The summed E-state index contributed by atoms with van der Waals surface area (Å²) in [7, 11) is 0. The van der Waals surface area contributed by atoms with Gasteiger partial charge < -0.3 is 33.5 Å². The van der Waals surface area contributed by atoms with Crippen LogP contribution in [0, 0.1) is 0 Å². The van der Waals surface area contributed by atoms with E-state index in [0.717, 1.165) is 64.1 Å². The minimum absolute atomic E-state index is 0.353. The Morgan fingerprint density at radius 3 is 1.10 bits per heavy atom. The summed E-state index contributed by atoms with van der Waals surface area (Å²) in [5.74, 6) is 1.66. The highest BCUT2D eigenvalue weighted by atomic mass is 16.6. The van der Waals surface area contributed by atoms with Crippen LogP contribution in [0.1, 0.15) is 0 Å². The number of rotatable bonds is 12. The predicted molar refractivity (Wildman–Crippen MR) is 116 cm³/mol. The van der Waals surface area contributed by atoms with Crippen molar-refractivity contribution in [2.75, 3.05) is 62.4 Å². The highest BCUT2D eigenvalue weighted by molar-refractivity contribution is 5.52. The second-order valence-corrected chi connectivity index (χ2v) is 8.72. The van der Waals surface area contributed by atoms with Crippen molar-refractivity contribution in [2.45, 2.75) is 24.4 Å². The van der Waals surface area contributed by atoms with Crippen LogP contribution in [0.25, 0.3) is 0 Å². The Morgan fingerprint density at radius 2 is 0.839 bits per heavy atom. The zero-order valence-corrected chi connectivity index (χ0v) is 17.5. The zero-order valence-electron chi connectivity index (χ0n) is 17.5. The van der Waals surface area contributed by atoms with Crippen LogP contribution in [-0.4, -0.2) is 77.0 Å². The molecule has 4 aliphatic heterocycles. The second kappa shape index (κ2) is 8.31. The van der Waals surface area contributed by atoms with Gasteiger partial charge in [-0.3, -0.25) is 0 Å². The fourth-order valence-electron chi connectivity index (χ4n) is 3.83. The Hall–Kier alpha value is -2.32. The third-order valence-electron chi connectivity index (χ3n) is 5.95. The fraction of sp³-hybridized carbons (Fsp3) is 0.500. The van der Waals surface area contributed by atoms with Gasteiger partial charge >= 0.3 is 0 Å². The molecule has 7 nitrogen and oxygen atoms in total. The first-order valence-electron chi connectivity index (χ1n) is 11.1. The first-order chi connectivity index (χ1) is 15.3. The van der Waals surface area contributed by atoms with Crippen molar-refractivity contribution in [3.05, 3.63) is 48.5 Å². The molecule has 4 saturated heterocycles. The standard InChI is InChI=1S/C24H28N2O5/c1-5-19(6-2-17(1)25(9-21-13-27-21)10-22-14-28-22)31-20-7-3-18(4-8-20)26(11-23-15-29-23)12-24-16-30-24/h1-8,21-24H,9-16H2. The van der Waals surface area contributed by atoms with E-state index in [2.05, 4.69) is 34.1 Å². The molecule has 4 heterocycles. The molecule has 31 heavy (non-hydrogen) atoms. The van der Waals surface area contributed by atoms with E-state index in [1.807, 2.05) is 24.3 Å². The molecule has 0 radical (unpaired) electrons. The van der Waals surface area contributed by atoms with Crippen molar-refractivity contribution >= 4 is 11.4 Å². The van der Waals surface area contributed by atoms with Crippen molar-refractivity contribution < 1.29 is 23.7 Å². The lowest BCUT2D eigenvalue weighted by molar-refractivity contribution is 0.388. The summed E-state index contributed by atoms with van der Waals surface area (Å²) in [6.45, 7) is 7.09. The van der Waals surface area contributed by atoms with Gasteiger partial charge in [-0.25, -0.2) is 0 Å². The number of epoxide rings is 4. The molecular weight excluding hydrogens is 396 g/mol. The molecule has 4 aliphatic rings. The smallest absolute Gasteiger partial charge is 0.127 e. The lowest BCUT2D eigenvalue weighted by Gasteiger charge is -2.24. The summed E-state index contributed by atoms with van der Waals surface area (Å²) in [6.07, 6.45) is 1.41. The normalized spacial score (nSPS) is 27.5. The van der Waals surface area contributed by atoms with E-state index in [1.54, 1.807) is 0 Å². The zero-order chi connectivity index (χ0) is 20.6. The maximum atomic E-state index is 6.09. The van der Waals surface area contributed by atoms with Crippen LogP contribution in [0.3, 0.4) is 0 Å². The lowest BCUT2D eigenvalue weighted by Crippen LogP contribution is -2.31. The molecule has 164 valence electrons. The van der Waals surface area contributed by atoms with Gasteiger partial charge in [-0.2, -0.15) is 0 Å². The van der Waals surface area contributed by atoms with Gasteiger partial charge in [0, 0.05) is 37.6 Å². The molecule has 0 N–H and O–H groups in total. The molecule has 0 bridgehead atoms. The third kappa shape index (κ3) is 5.49. The van der Waals surface area contributed by atoms with E-state index in [4.69, 9.17) is 23.7 Å². The molecule has 0 aliphatic carbocycles. The van der Waals surface area contributed by atoms with Crippen LogP contribution in [0.4, 0.5) is 11.4 Å². The van der Waals surface area contributed by atoms with Crippen molar-refractivity contribution in [3.63, 3.8) is 0 Å². The molecule has 4 atom stereocenters. The Morgan fingerprint density at radius 1 is 0.548 bits per heavy atom. The maximum absolute atomic E-state index is 6.09. The topological polar surface area (TPSA) is 65.8 Å². The maximum Gasteiger partial charge on any atom is 0.127 e. The van der Waals surface area contributed by atoms with Crippen LogP contribution in [0.2, 0.25) is 0 Å². The van der Waals surface area contributed by atoms with E-state index in [9.17, 15) is 0 Å². The second-order valence-electron chi connectivity index (χ2n) is 8.72. The number of hydrogen-bond acceptors (Lipinski definition) is 7. The summed E-state index contributed by atoms with van der Waals surface area (Å²) in [5, 5.41) is 0. The van der Waals surface area contributed by atoms with Gasteiger partial charge in [-0.05, 0) is 48.5 Å². The van der Waals surface area contributed by atoms with Crippen LogP contribution < -0.4 is 14.5 Å². The van der Waals surface area contributed by atoms with Crippen molar-refractivity contribution in [1.29, 1.82) is 0 Å². The number of benzene rings is 2. The molecule has 6 rings (SSSR count). The molecule has 0 amide bonds. The quantitative estimate of drug-likeness (QED) is 0.486. The van der Waals surface area contributed by atoms with E-state index < -0.39 is 0 Å². The molecule has 4 fully saturated rings. The number of ether oxygens (including phenoxy) is 5. The molecule has 7 heteroatoms. The molecule has 0 spiro atoms. The van der Waals surface area contributed by atoms with E-state index in [-0.39, 0.29) is 0 Å². The molecular formula is C24H28N2O5. The highest BCUT2D eigenvalue weighted by Crippen LogP contribution is 2.29. The van der Waals surface area contributed by atoms with Crippen LogP contribution in [-0.2, 0) is 18.9 Å². The van der Waals surface area contributed by atoms with Crippen molar-refractivity contribution in [2.24, 2.45) is 0 Å². The van der Waals surface area contributed by atoms with Crippen molar-refractivity contribution in [1.82, 2.24) is 0 Å².